The molecule has 118 valence electrons. The lowest BCUT2D eigenvalue weighted by molar-refractivity contribution is -0.137. The smallest absolute Gasteiger partial charge is 0.258 e. The number of hydrogen-bond donors (Lipinski definition) is 2. The van der Waals surface area contributed by atoms with Crippen molar-refractivity contribution in [2.24, 2.45) is 5.92 Å². The van der Waals surface area contributed by atoms with Crippen LogP contribution in [-0.4, -0.2) is 23.1 Å². The molecule has 1 saturated heterocycles. The first-order valence-corrected chi connectivity index (χ1v) is 8.28. The molecule has 3 nitrogen and oxygen atoms in total. The van der Waals surface area contributed by atoms with E-state index in [1.807, 2.05) is 0 Å². The second kappa shape index (κ2) is 7.09. The minimum Gasteiger partial charge on any atom is -0.258 e. The van der Waals surface area contributed by atoms with Crippen molar-refractivity contribution in [2.75, 3.05) is 18.8 Å². The van der Waals surface area contributed by atoms with E-state index in [1.165, 1.54) is 6.07 Å². The molecular formula is C13H16ClF3N2OS. The van der Waals surface area contributed by atoms with E-state index in [1.54, 1.807) is 0 Å². The monoisotopic (exact) mass is 340 g/mol. The van der Waals surface area contributed by atoms with Crippen molar-refractivity contribution in [1.82, 2.24) is 10.9 Å². The van der Waals surface area contributed by atoms with Crippen molar-refractivity contribution in [3.8, 4) is 0 Å². The number of hydrazine groups is 1. The van der Waals surface area contributed by atoms with Gasteiger partial charge in [-0.25, -0.2) is 0 Å². The highest BCUT2D eigenvalue weighted by Crippen LogP contribution is 2.35. The van der Waals surface area contributed by atoms with E-state index in [0.29, 0.717) is 18.1 Å². The second-order valence-corrected chi connectivity index (χ2v) is 6.94. The summed E-state index contributed by atoms with van der Waals surface area (Å²) in [4.78, 5) is 0.175. The molecule has 0 saturated carbocycles. The molecule has 1 aromatic rings. The predicted octanol–water partition coefficient (Wildman–Crippen LogP) is 2.97. The summed E-state index contributed by atoms with van der Waals surface area (Å²) in [5.74, 6) is 0.841. The summed E-state index contributed by atoms with van der Waals surface area (Å²) in [5.41, 5.74) is 5.08. The molecule has 2 N–H and O–H groups in total. The largest absolute Gasteiger partial charge is 0.417 e. The maximum Gasteiger partial charge on any atom is 0.417 e. The van der Waals surface area contributed by atoms with Crippen LogP contribution in [0.3, 0.4) is 0 Å². The van der Waals surface area contributed by atoms with Gasteiger partial charge in [0.25, 0.3) is 0 Å². The quantitative estimate of drug-likeness (QED) is 0.866. The van der Waals surface area contributed by atoms with Gasteiger partial charge in [-0.15, -0.1) is 0 Å². The average Bonchev–Trinajstić information content (AvgIpc) is 2.91. The average molecular weight is 341 g/mol. The van der Waals surface area contributed by atoms with Gasteiger partial charge in [-0.1, -0.05) is 11.6 Å². The van der Waals surface area contributed by atoms with E-state index in [0.717, 1.165) is 31.6 Å². The number of hydrogen-bond acceptors (Lipinski definition) is 3. The van der Waals surface area contributed by atoms with Crippen molar-refractivity contribution in [2.45, 2.75) is 23.9 Å². The first-order valence-electron chi connectivity index (χ1n) is 6.59. The molecule has 0 aliphatic carbocycles. The van der Waals surface area contributed by atoms with Gasteiger partial charge in [-0.05, 0) is 37.0 Å². The Morgan fingerprint density at radius 3 is 2.57 bits per heavy atom. The molecule has 1 atom stereocenters. The molecule has 1 unspecified atom stereocenters. The van der Waals surface area contributed by atoms with Crippen LogP contribution in [0.2, 0.25) is 5.02 Å². The SMILES string of the molecule is O=S(CCCC1CNNC1)c1ccc(Cl)c(C(F)(F)F)c1. The standard InChI is InChI=1S/C13H16ClF3N2OS/c14-12-4-3-10(6-11(12)13(15,16)17)21(20)5-1-2-9-7-18-19-8-9/h3-4,6,9,18-19H,1-2,5,7-8H2. The van der Waals surface area contributed by atoms with E-state index in [4.69, 9.17) is 11.6 Å². The van der Waals surface area contributed by atoms with Crippen LogP contribution in [0, 0.1) is 5.92 Å². The molecule has 21 heavy (non-hydrogen) atoms. The lowest BCUT2D eigenvalue weighted by Crippen LogP contribution is -2.21. The van der Waals surface area contributed by atoms with Gasteiger partial charge in [0.05, 0.1) is 21.4 Å². The Morgan fingerprint density at radius 1 is 1.29 bits per heavy atom. The third-order valence-corrected chi connectivity index (χ3v) is 5.12. The Hall–Kier alpha value is -0.630. The first kappa shape index (κ1) is 16.7. The van der Waals surface area contributed by atoms with Gasteiger partial charge in [-0.2, -0.15) is 13.2 Å². The van der Waals surface area contributed by atoms with Gasteiger partial charge in [-0.3, -0.25) is 15.1 Å². The maximum absolute atomic E-state index is 12.8. The fraction of sp³-hybridized carbons (Fsp3) is 0.538. The Morgan fingerprint density at radius 2 is 1.95 bits per heavy atom. The van der Waals surface area contributed by atoms with E-state index in [-0.39, 0.29) is 9.92 Å². The van der Waals surface area contributed by atoms with E-state index in [2.05, 4.69) is 10.9 Å². The van der Waals surface area contributed by atoms with Crippen LogP contribution in [-0.2, 0) is 17.0 Å². The predicted molar refractivity (Wildman–Crippen MR) is 76.5 cm³/mol. The van der Waals surface area contributed by atoms with Crippen LogP contribution in [0.15, 0.2) is 23.1 Å². The topological polar surface area (TPSA) is 41.1 Å². The maximum atomic E-state index is 12.8. The minimum absolute atomic E-state index is 0.175. The zero-order chi connectivity index (χ0) is 15.5. The Balaban J connectivity index is 1.95. The molecule has 1 aromatic carbocycles. The van der Waals surface area contributed by atoms with Gasteiger partial charge in [0.15, 0.2) is 0 Å². The van der Waals surface area contributed by atoms with Crippen LogP contribution in [0.5, 0.6) is 0 Å². The van der Waals surface area contributed by atoms with Crippen LogP contribution < -0.4 is 10.9 Å². The Kier molecular flexibility index (Phi) is 5.65. The Labute approximate surface area is 128 Å². The van der Waals surface area contributed by atoms with Crippen molar-refractivity contribution in [3.63, 3.8) is 0 Å². The zero-order valence-electron chi connectivity index (χ0n) is 11.2. The van der Waals surface area contributed by atoms with Crippen molar-refractivity contribution in [1.29, 1.82) is 0 Å². The number of benzene rings is 1. The molecule has 1 heterocycles. The Bertz CT molecular complexity index is 519. The van der Waals surface area contributed by atoms with Crippen LogP contribution in [0.4, 0.5) is 13.2 Å². The summed E-state index contributed by atoms with van der Waals surface area (Å²) in [5, 5.41) is -0.369. The third-order valence-electron chi connectivity index (χ3n) is 3.35. The van der Waals surface area contributed by atoms with Gasteiger partial charge in [0.2, 0.25) is 0 Å². The second-order valence-electron chi connectivity index (χ2n) is 4.96. The normalized spacial score (nSPS) is 18.1. The summed E-state index contributed by atoms with van der Waals surface area (Å²) in [6.45, 7) is 1.73. The van der Waals surface area contributed by atoms with E-state index < -0.39 is 22.5 Å². The molecule has 0 aromatic heterocycles. The van der Waals surface area contributed by atoms with E-state index >= 15 is 0 Å². The first-order chi connectivity index (χ1) is 9.88. The molecule has 1 fully saturated rings. The van der Waals surface area contributed by atoms with Crippen LogP contribution in [0.25, 0.3) is 0 Å². The number of nitrogens with one attached hydrogen (secondary N) is 2. The fourth-order valence-corrected chi connectivity index (χ4v) is 3.55. The highest BCUT2D eigenvalue weighted by atomic mass is 35.5. The molecule has 0 spiro atoms. The van der Waals surface area contributed by atoms with Crippen molar-refractivity contribution >= 4 is 22.4 Å². The molecule has 2 rings (SSSR count). The molecule has 0 radical (unpaired) electrons. The summed E-state index contributed by atoms with van der Waals surface area (Å²) < 4.78 is 50.3. The molecule has 0 bridgehead atoms. The molecule has 1 aliphatic heterocycles. The molecule has 8 heteroatoms. The van der Waals surface area contributed by atoms with E-state index in [9.17, 15) is 17.4 Å². The summed E-state index contributed by atoms with van der Waals surface area (Å²) in [6.07, 6.45) is -2.92. The zero-order valence-corrected chi connectivity index (χ0v) is 12.7. The lowest BCUT2D eigenvalue weighted by atomic mass is 10.1. The summed E-state index contributed by atoms with van der Waals surface area (Å²) in [7, 11) is -1.44. The van der Waals surface area contributed by atoms with Gasteiger partial charge in [0, 0.05) is 23.7 Å². The summed E-state index contributed by atoms with van der Waals surface area (Å²) in [6, 6.07) is 3.44. The third kappa shape index (κ3) is 4.67. The fourth-order valence-electron chi connectivity index (χ4n) is 2.19. The van der Waals surface area contributed by atoms with Crippen molar-refractivity contribution < 1.29 is 17.4 Å². The molecular weight excluding hydrogens is 325 g/mol. The van der Waals surface area contributed by atoms with Crippen molar-refractivity contribution in [3.05, 3.63) is 28.8 Å². The minimum atomic E-state index is -4.53. The number of rotatable bonds is 5. The lowest BCUT2D eigenvalue weighted by Gasteiger charge is -2.11. The van der Waals surface area contributed by atoms with Gasteiger partial charge in [0.1, 0.15) is 0 Å². The van der Waals surface area contributed by atoms with Gasteiger partial charge < -0.3 is 0 Å². The van der Waals surface area contributed by atoms with Crippen LogP contribution >= 0.6 is 11.6 Å². The number of alkyl halides is 3. The van der Waals surface area contributed by atoms with Crippen LogP contribution in [0.1, 0.15) is 18.4 Å². The van der Waals surface area contributed by atoms with Gasteiger partial charge >= 0.3 is 6.18 Å². The molecule has 1 aliphatic rings. The highest BCUT2D eigenvalue weighted by Gasteiger charge is 2.33. The molecule has 0 amide bonds. The highest BCUT2D eigenvalue weighted by molar-refractivity contribution is 7.85. The summed E-state index contributed by atoms with van der Waals surface area (Å²) >= 11 is 5.54. The number of halogens is 4.